The van der Waals surface area contributed by atoms with E-state index in [1.807, 2.05) is 0 Å². The fraction of sp³-hybridized carbons (Fsp3) is 0.538. The highest BCUT2D eigenvalue weighted by Crippen LogP contribution is 2.30. The number of rotatable bonds is 3. The molecule has 4 heteroatoms. The first-order chi connectivity index (χ1) is 8.22. The first kappa shape index (κ1) is 11.3. The average molecular weight is 255 g/mol. The lowest BCUT2D eigenvalue weighted by Crippen LogP contribution is -2.27. The van der Waals surface area contributed by atoms with Crippen molar-refractivity contribution in [2.45, 2.75) is 31.3 Å². The van der Waals surface area contributed by atoms with Crippen molar-refractivity contribution in [1.82, 2.24) is 4.90 Å². The molecule has 2 nitrogen and oxygen atoms in total. The van der Waals surface area contributed by atoms with Gasteiger partial charge in [0.15, 0.2) is 0 Å². The van der Waals surface area contributed by atoms with Crippen molar-refractivity contribution in [2.24, 2.45) is 0 Å². The molecule has 1 aliphatic carbocycles. The van der Waals surface area contributed by atoms with Crippen LogP contribution < -0.4 is 5.32 Å². The van der Waals surface area contributed by atoms with Gasteiger partial charge in [-0.1, -0.05) is 11.6 Å². The molecule has 1 N–H and O–H groups in total. The van der Waals surface area contributed by atoms with Crippen molar-refractivity contribution in [3.05, 3.63) is 29.0 Å². The predicted molar refractivity (Wildman–Crippen MR) is 68.0 cm³/mol. The van der Waals surface area contributed by atoms with Gasteiger partial charge in [0, 0.05) is 30.9 Å². The number of hydrogen-bond donors (Lipinski definition) is 1. The fourth-order valence-electron chi connectivity index (χ4n) is 2.50. The molecule has 0 amide bonds. The first-order valence-electron chi connectivity index (χ1n) is 6.18. The lowest BCUT2D eigenvalue weighted by Gasteiger charge is -2.16. The highest BCUT2D eigenvalue weighted by molar-refractivity contribution is 6.31. The van der Waals surface area contributed by atoms with Crippen molar-refractivity contribution in [3.63, 3.8) is 0 Å². The molecule has 92 valence electrons. The summed E-state index contributed by atoms with van der Waals surface area (Å²) >= 11 is 5.76. The predicted octanol–water partition coefficient (Wildman–Crippen LogP) is 3.13. The Balaban J connectivity index is 1.61. The molecule has 1 atom stereocenters. The van der Waals surface area contributed by atoms with Crippen LogP contribution in [0, 0.1) is 5.82 Å². The van der Waals surface area contributed by atoms with Crippen molar-refractivity contribution in [2.75, 3.05) is 18.4 Å². The van der Waals surface area contributed by atoms with Gasteiger partial charge in [0.1, 0.15) is 5.82 Å². The van der Waals surface area contributed by atoms with Crippen LogP contribution in [0.4, 0.5) is 10.1 Å². The maximum absolute atomic E-state index is 13.0. The molecule has 1 heterocycles. The third-order valence-electron chi connectivity index (χ3n) is 3.57. The average Bonchev–Trinajstić information content (AvgIpc) is 3.06. The molecule has 17 heavy (non-hydrogen) atoms. The topological polar surface area (TPSA) is 15.3 Å². The number of nitrogens with one attached hydrogen (secondary N) is 1. The molecule has 1 aliphatic heterocycles. The maximum Gasteiger partial charge on any atom is 0.141 e. The summed E-state index contributed by atoms with van der Waals surface area (Å²) in [5, 5.41) is 3.62. The smallest absolute Gasteiger partial charge is 0.141 e. The summed E-state index contributed by atoms with van der Waals surface area (Å²) in [5.41, 5.74) is 0.916. The van der Waals surface area contributed by atoms with Crippen LogP contribution in [0.1, 0.15) is 19.3 Å². The second-order valence-corrected chi connectivity index (χ2v) is 5.39. The molecule has 2 aliphatic rings. The molecule has 1 unspecified atom stereocenters. The van der Waals surface area contributed by atoms with Gasteiger partial charge < -0.3 is 5.32 Å². The largest absolute Gasteiger partial charge is 0.381 e. The van der Waals surface area contributed by atoms with Gasteiger partial charge in [-0.25, -0.2) is 4.39 Å². The summed E-state index contributed by atoms with van der Waals surface area (Å²) in [6.07, 6.45) is 3.87. The third-order valence-corrected chi connectivity index (χ3v) is 3.86. The molecule has 3 rings (SSSR count). The Hall–Kier alpha value is -0.800. The lowest BCUT2D eigenvalue weighted by atomic mass is 10.2. The quantitative estimate of drug-likeness (QED) is 0.892. The Morgan fingerprint density at radius 2 is 2.12 bits per heavy atom. The summed E-state index contributed by atoms with van der Waals surface area (Å²) in [6.45, 7) is 2.27. The van der Waals surface area contributed by atoms with Crippen LogP contribution in [0.15, 0.2) is 18.2 Å². The molecular weight excluding hydrogens is 239 g/mol. The summed E-state index contributed by atoms with van der Waals surface area (Å²) in [6, 6.07) is 6.13. The van der Waals surface area contributed by atoms with Crippen LogP contribution >= 0.6 is 11.6 Å². The molecule has 1 saturated heterocycles. The number of benzene rings is 1. The van der Waals surface area contributed by atoms with E-state index in [2.05, 4.69) is 10.2 Å². The SMILES string of the molecule is Fc1ccc(NC2CCN(C3CC3)C2)cc1Cl. The van der Waals surface area contributed by atoms with E-state index in [1.165, 1.54) is 25.5 Å². The van der Waals surface area contributed by atoms with Gasteiger partial charge in [-0.3, -0.25) is 4.90 Å². The molecule has 1 aromatic rings. The Morgan fingerprint density at radius 1 is 1.29 bits per heavy atom. The monoisotopic (exact) mass is 254 g/mol. The number of halogens is 2. The number of nitrogens with zero attached hydrogens (tertiary/aromatic N) is 1. The summed E-state index contributed by atoms with van der Waals surface area (Å²) in [7, 11) is 0. The van der Waals surface area contributed by atoms with E-state index in [0.717, 1.165) is 24.7 Å². The Kier molecular flexibility index (Phi) is 2.97. The fourth-order valence-corrected chi connectivity index (χ4v) is 2.68. The van der Waals surface area contributed by atoms with E-state index in [4.69, 9.17) is 11.6 Å². The third kappa shape index (κ3) is 2.55. The van der Waals surface area contributed by atoms with Crippen LogP contribution in [-0.4, -0.2) is 30.1 Å². The minimum absolute atomic E-state index is 0.187. The highest BCUT2D eigenvalue weighted by atomic mass is 35.5. The van der Waals surface area contributed by atoms with Crippen LogP contribution in [0.2, 0.25) is 5.02 Å². The van der Waals surface area contributed by atoms with Gasteiger partial charge in [-0.15, -0.1) is 0 Å². The number of hydrogen-bond acceptors (Lipinski definition) is 2. The summed E-state index contributed by atoms with van der Waals surface area (Å²) in [5.74, 6) is -0.358. The maximum atomic E-state index is 13.0. The zero-order chi connectivity index (χ0) is 11.8. The second kappa shape index (κ2) is 4.46. The summed E-state index contributed by atoms with van der Waals surface area (Å²) in [4.78, 5) is 2.54. The van der Waals surface area contributed by atoms with Crippen LogP contribution in [0.3, 0.4) is 0 Å². The molecule has 1 saturated carbocycles. The molecule has 1 aromatic carbocycles. The van der Waals surface area contributed by atoms with E-state index in [1.54, 1.807) is 12.1 Å². The van der Waals surface area contributed by atoms with E-state index in [0.29, 0.717) is 6.04 Å². The standard InChI is InChI=1S/C13H16ClFN2/c14-12-7-9(1-4-13(12)15)16-10-5-6-17(8-10)11-2-3-11/h1,4,7,10-11,16H,2-3,5-6,8H2. The van der Waals surface area contributed by atoms with Crippen LogP contribution in [0.25, 0.3) is 0 Å². The molecular formula is C13H16ClFN2. The van der Waals surface area contributed by atoms with Crippen LogP contribution in [-0.2, 0) is 0 Å². The summed E-state index contributed by atoms with van der Waals surface area (Å²) < 4.78 is 13.0. The Bertz CT molecular complexity index is 420. The van der Waals surface area contributed by atoms with E-state index < -0.39 is 0 Å². The molecule has 0 spiro atoms. The first-order valence-corrected chi connectivity index (χ1v) is 6.56. The minimum atomic E-state index is -0.358. The highest BCUT2D eigenvalue weighted by Gasteiger charge is 2.34. The van der Waals surface area contributed by atoms with Crippen molar-refractivity contribution < 1.29 is 4.39 Å². The van der Waals surface area contributed by atoms with Gasteiger partial charge in [-0.2, -0.15) is 0 Å². The van der Waals surface area contributed by atoms with Gasteiger partial charge in [-0.05, 0) is 37.5 Å². The molecule has 0 aromatic heterocycles. The van der Waals surface area contributed by atoms with Crippen molar-refractivity contribution >= 4 is 17.3 Å². The number of anilines is 1. The second-order valence-electron chi connectivity index (χ2n) is 4.98. The zero-order valence-electron chi connectivity index (χ0n) is 9.63. The van der Waals surface area contributed by atoms with Crippen LogP contribution in [0.5, 0.6) is 0 Å². The molecule has 0 bridgehead atoms. The minimum Gasteiger partial charge on any atom is -0.381 e. The normalized spacial score (nSPS) is 25.2. The van der Waals surface area contributed by atoms with E-state index >= 15 is 0 Å². The van der Waals surface area contributed by atoms with Gasteiger partial charge in [0.05, 0.1) is 5.02 Å². The molecule has 2 fully saturated rings. The van der Waals surface area contributed by atoms with Gasteiger partial charge >= 0.3 is 0 Å². The lowest BCUT2D eigenvalue weighted by molar-refractivity contribution is 0.326. The Morgan fingerprint density at radius 3 is 2.82 bits per heavy atom. The van der Waals surface area contributed by atoms with Crippen molar-refractivity contribution in [1.29, 1.82) is 0 Å². The van der Waals surface area contributed by atoms with Gasteiger partial charge in [0.2, 0.25) is 0 Å². The van der Waals surface area contributed by atoms with E-state index in [9.17, 15) is 4.39 Å². The zero-order valence-corrected chi connectivity index (χ0v) is 10.4. The Labute approximate surface area is 106 Å². The number of likely N-dealkylation sites (tertiary alicyclic amines) is 1. The van der Waals surface area contributed by atoms with Gasteiger partial charge in [0.25, 0.3) is 0 Å². The van der Waals surface area contributed by atoms with Crippen molar-refractivity contribution in [3.8, 4) is 0 Å². The molecule has 0 radical (unpaired) electrons. The van der Waals surface area contributed by atoms with E-state index in [-0.39, 0.29) is 10.8 Å².